The molecule has 0 amide bonds. The summed E-state index contributed by atoms with van der Waals surface area (Å²) in [5.74, 6) is -0.226. The Kier molecular flexibility index (Phi) is 4.53. The van der Waals surface area contributed by atoms with E-state index in [0.29, 0.717) is 10.6 Å². The van der Waals surface area contributed by atoms with Gasteiger partial charge < -0.3 is 10.2 Å². The van der Waals surface area contributed by atoms with E-state index in [0.717, 1.165) is 0 Å². The molecule has 0 aliphatic heterocycles. The van der Waals surface area contributed by atoms with Gasteiger partial charge in [0.05, 0.1) is 6.04 Å². The molecular weight excluding hydrogens is 239 g/mol. The van der Waals surface area contributed by atoms with Gasteiger partial charge in [-0.15, -0.1) is 0 Å². The minimum absolute atomic E-state index is 0.0915. The van der Waals surface area contributed by atoms with Crippen molar-refractivity contribution in [1.29, 1.82) is 0 Å². The molecule has 96 valence electrons. The Morgan fingerprint density at radius 1 is 1.35 bits per heavy atom. The van der Waals surface area contributed by atoms with Gasteiger partial charge in [0, 0.05) is 16.1 Å². The molecule has 0 aliphatic carbocycles. The highest BCUT2D eigenvalue weighted by atomic mass is 35.5. The van der Waals surface area contributed by atoms with E-state index in [-0.39, 0.29) is 17.4 Å². The zero-order valence-corrected chi connectivity index (χ0v) is 11.8. The van der Waals surface area contributed by atoms with E-state index in [1.54, 1.807) is 12.1 Å². The van der Waals surface area contributed by atoms with Crippen LogP contribution >= 0.6 is 11.6 Å². The number of benzene rings is 1. The fourth-order valence-corrected chi connectivity index (χ4v) is 2.35. The zero-order valence-electron chi connectivity index (χ0n) is 11.0. The topological polar surface area (TPSA) is 15.3 Å². The molecule has 0 aromatic heterocycles. The number of likely N-dealkylation sites (N-methyl/N-ethyl adjacent to an activating group) is 2. The van der Waals surface area contributed by atoms with E-state index in [1.807, 2.05) is 39.9 Å². The lowest BCUT2D eigenvalue weighted by Gasteiger charge is -2.39. The summed E-state index contributed by atoms with van der Waals surface area (Å²) in [6.07, 6.45) is 0. The van der Waals surface area contributed by atoms with Crippen molar-refractivity contribution < 1.29 is 4.39 Å². The second kappa shape index (κ2) is 5.34. The Hall–Kier alpha value is -0.640. The molecule has 0 radical (unpaired) electrons. The quantitative estimate of drug-likeness (QED) is 0.893. The van der Waals surface area contributed by atoms with E-state index >= 15 is 0 Å². The molecule has 17 heavy (non-hydrogen) atoms. The molecule has 1 N–H and O–H groups in total. The number of nitrogens with one attached hydrogen (secondary N) is 1. The first-order chi connectivity index (χ1) is 7.79. The van der Waals surface area contributed by atoms with Crippen LogP contribution in [-0.2, 0) is 0 Å². The Labute approximate surface area is 108 Å². The minimum Gasteiger partial charge on any atom is -0.313 e. The van der Waals surface area contributed by atoms with Gasteiger partial charge in [-0.3, -0.25) is 0 Å². The number of hydrogen-bond acceptors (Lipinski definition) is 2. The first-order valence-electron chi connectivity index (χ1n) is 5.60. The second-order valence-corrected chi connectivity index (χ2v) is 5.44. The summed E-state index contributed by atoms with van der Waals surface area (Å²) in [6, 6.07) is 4.59. The third-order valence-electron chi connectivity index (χ3n) is 3.10. The van der Waals surface area contributed by atoms with Crippen LogP contribution in [0.4, 0.5) is 4.39 Å². The highest BCUT2D eigenvalue weighted by molar-refractivity contribution is 6.30. The summed E-state index contributed by atoms with van der Waals surface area (Å²) in [6.45, 7) is 4.08. The van der Waals surface area contributed by atoms with Crippen molar-refractivity contribution in [1.82, 2.24) is 10.2 Å². The summed E-state index contributed by atoms with van der Waals surface area (Å²) in [5, 5.41) is 3.77. The SMILES string of the molecule is CNC(C)(C)C(c1cc(Cl)ccc1F)N(C)C. The lowest BCUT2D eigenvalue weighted by Crippen LogP contribution is -2.48. The lowest BCUT2D eigenvalue weighted by atomic mass is 9.87. The summed E-state index contributed by atoms with van der Waals surface area (Å²) in [5.41, 5.74) is 0.358. The van der Waals surface area contributed by atoms with Gasteiger partial charge in [-0.05, 0) is 53.2 Å². The highest BCUT2D eigenvalue weighted by Gasteiger charge is 2.33. The van der Waals surface area contributed by atoms with Crippen LogP contribution in [0.15, 0.2) is 18.2 Å². The van der Waals surface area contributed by atoms with Crippen LogP contribution in [0.3, 0.4) is 0 Å². The molecule has 1 unspecified atom stereocenters. The molecule has 0 heterocycles. The number of nitrogens with zero attached hydrogens (tertiary/aromatic N) is 1. The molecule has 0 bridgehead atoms. The lowest BCUT2D eigenvalue weighted by molar-refractivity contribution is 0.173. The van der Waals surface area contributed by atoms with E-state index in [1.165, 1.54) is 6.07 Å². The predicted octanol–water partition coefficient (Wildman–Crippen LogP) is 3.08. The van der Waals surface area contributed by atoms with Gasteiger partial charge in [-0.25, -0.2) is 4.39 Å². The van der Waals surface area contributed by atoms with Crippen LogP contribution < -0.4 is 5.32 Å². The van der Waals surface area contributed by atoms with Crippen molar-refractivity contribution in [2.45, 2.75) is 25.4 Å². The maximum absolute atomic E-state index is 13.9. The monoisotopic (exact) mass is 258 g/mol. The van der Waals surface area contributed by atoms with Crippen molar-refractivity contribution in [2.75, 3.05) is 21.1 Å². The molecule has 2 nitrogen and oxygen atoms in total. The van der Waals surface area contributed by atoms with Crippen molar-refractivity contribution in [3.8, 4) is 0 Å². The van der Waals surface area contributed by atoms with Gasteiger partial charge in [-0.1, -0.05) is 11.6 Å². The van der Waals surface area contributed by atoms with Gasteiger partial charge in [0.1, 0.15) is 5.82 Å². The van der Waals surface area contributed by atoms with Gasteiger partial charge in [0.15, 0.2) is 0 Å². The average Bonchev–Trinajstić information content (AvgIpc) is 2.22. The van der Waals surface area contributed by atoms with Crippen LogP contribution in [0.25, 0.3) is 0 Å². The van der Waals surface area contributed by atoms with Gasteiger partial charge >= 0.3 is 0 Å². The van der Waals surface area contributed by atoms with Crippen LogP contribution in [0.5, 0.6) is 0 Å². The first kappa shape index (κ1) is 14.4. The molecular formula is C13H20ClFN2. The maximum Gasteiger partial charge on any atom is 0.128 e. The highest BCUT2D eigenvalue weighted by Crippen LogP contribution is 2.32. The molecule has 1 atom stereocenters. The zero-order chi connectivity index (χ0) is 13.2. The first-order valence-corrected chi connectivity index (χ1v) is 5.97. The molecule has 0 fully saturated rings. The van der Waals surface area contributed by atoms with E-state index in [2.05, 4.69) is 5.32 Å². The van der Waals surface area contributed by atoms with Crippen molar-refractivity contribution in [3.05, 3.63) is 34.6 Å². The number of hydrogen-bond donors (Lipinski definition) is 1. The molecule has 0 saturated heterocycles. The Morgan fingerprint density at radius 2 is 1.94 bits per heavy atom. The summed E-state index contributed by atoms with van der Waals surface area (Å²) in [4.78, 5) is 1.99. The predicted molar refractivity (Wildman–Crippen MR) is 71.0 cm³/mol. The molecule has 1 aromatic rings. The van der Waals surface area contributed by atoms with Gasteiger partial charge in [0.2, 0.25) is 0 Å². The van der Waals surface area contributed by atoms with Crippen molar-refractivity contribution in [2.24, 2.45) is 0 Å². The Balaban J connectivity index is 3.28. The smallest absolute Gasteiger partial charge is 0.128 e. The largest absolute Gasteiger partial charge is 0.313 e. The number of rotatable bonds is 4. The van der Waals surface area contributed by atoms with Crippen LogP contribution in [0, 0.1) is 5.82 Å². The fraction of sp³-hybridized carbons (Fsp3) is 0.538. The second-order valence-electron chi connectivity index (χ2n) is 5.00. The van der Waals surface area contributed by atoms with Gasteiger partial charge in [0.25, 0.3) is 0 Å². The van der Waals surface area contributed by atoms with Crippen molar-refractivity contribution >= 4 is 11.6 Å². The average molecular weight is 259 g/mol. The van der Waals surface area contributed by atoms with Gasteiger partial charge in [-0.2, -0.15) is 0 Å². The van der Waals surface area contributed by atoms with Crippen LogP contribution in [0.2, 0.25) is 5.02 Å². The minimum atomic E-state index is -0.255. The Morgan fingerprint density at radius 3 is 2.41 bits per heavy atom. The number of halogens is 2. The fourth-order valence-electron chi connectivity index (χ4n) is 2.17. The van der Waals surface area contributed by atoms with Crippen LogP contribution in [0.1, 0.15) is 25.5 Å². The molecule has 0 aliphatic rings. The third kappa shape index (κ3) is 3.18. The molecule has 0 saturated carbocycles. The normalized spacial score (nSPS) is 14.1. The van der Waals surface area contributed by atoms with E-state index in [9.17, 15) is 4.39 Å². The summed E-state index contributed by atoms with van der Waals surface area (Å²) in [7, 11) is 5.74. The summed E-state index contributed by atoms with van der Waals surface area (Å²) < 4.78 is 13.9. The Bertz CT molecular complexity index is 391. The van der Waals surface area contributed by atoms with Crippen LogP contribution in [-0.4, -0.2) is 31.6 Å². The van der Waals surface area contributed by atoms with E-state index < -0.39 is 0 Å². The standard InChI is InChI=1S/C13H20ClFN2/c1-13(2,16-3)12(17(4)5)10-8-9(14)6-7-11(10)15/h6-8,12,16H,1-5H3. The summed E-state index contributed by atoms with van der Waals surface area (Å²) >= 11 is 5.95. The molecule has 4 heteroatoms. The molecule has 1 rings (SSSR count). The molecule has 0 spiro atoms. The third-order valence-corrected chi connectivity index (χ3v) is 3.33. The molecule has 1 aromatic carbocycles. The van der Waals surface area contributed by atoms with Crippen molar-refractivity contribution in [3.63, 3.8) is 0 Å². The van der Waals surface area contributed by atoms with E-state index in [4.69, 9.17) is 11.6 Å². The maximum atomic E-state index is 13.9.